The first-order valence-electron chi connectivity index (χ1n) is 11.2. The highest BCUT2D eigenvalue weighted by Crippen LogP contribution is 2.35. The molecule has 1 aliphatic rings. The summed E-state index contributed by atoms with van der Waals surface area (Å²) in [7, 11) is 0. The van der Waals surface area contributed by atoms with Crippen molar-refractivity contribution in [2.75, 3.05) is 5.75 Å². The van der Waals surface area contributed by atoms with Gasteiger partial charge in [-0.25, -0.2) is 10.4 Å². The van der Waals surface area contributed by atoms with Crippen LogP contribution in [-0.2, 0) is 17.6 Å². The summed E-state index contributed by atoms with van der Waals surface area (Å²) in [6.45, 7) is 0. The van der Waals surface area contributed by atoms with Crippen LogP contribution in [0.2, 0.25) is 0 Å². The number of thiophene rings is 1. The number of fused-ring (bicyclic) bond motifs is 3. The number of aryl methyl sites for hydroxylation is 2. The molecule has 0 unspecified atom stereocenters. The number of hydrogen-bond donors (Lipinski definition) is 3. The van der Waals surface area contributed by atoms with E-state index in [1.54, 1.807) is 15.9 Å². The van der Waals surface area contributed by atoms with Gasteiger partial charge in [0.25, 0.3) is 11.5 Å². The van der Waals surface area contributed by atoms with Crippen LogP contribution in [0.5, 0.6) is 11.5 Å². The number of amides is 1. The maximum atomic E-state index is 13.7. The van der Waals surface area contributed by atoms with Gasteiger partial charge >= 0.3 is 0 Å². The van der Waals surface area contributed by atoms with Crippen molar-refractivity contribution >= 4 is 61.4 Å². The number of phenolic OH excluding ortho intramolecular Hbond substituents is 2. The van der Waals surface area contributed by atoms with Crippen LogP contribution in [0, 0.1) is 0 Å². The summed E-state index contributed by atoms with van der Waals surface area (Å²) in [5.74, 6) is -0.634. The van der Waals surface area contributed by atoms with Crippen LogP contribution in [-0.4, -0.2) is 37.6 Å². The number of phenols is 2. The van der Waals surface area contributed by atoms with Gasteiger partial charge in [0.1, 0.15) is 16.3 Å². The van der Waals surface area contributed by atoms with Crippen molar-refractivity contribution < 1.29 is 15.0 Å². The summed E-state index contributed by atoms with van der Waals surface area (Å²) in [5, 5.41) is 24.2. The van der Waals surface area contributed by atoms with Gasteiger partial charge in [0, 0.05) is 21.0 Å². The Labute approximate surface area is 222 Å². The van der Waals surface area contributed by atoms with E-state index < -0.39 is 5.91 Å². The normalized spacial score (nSPS) is 13.2. The van der Waals surface area contributed by atoms with Crippen molar-refractivity contribution in [3.63, 3.8) is 0 Å². The molecule has 2 heterocycles. The fourth-order valence-electron chi connectivity index (χ4n) is 4.08. The summed E-state index contributed by atoms with van der Waals surface area (Å²) in [4.78, 5) is 33.0. The van der Waals surface area contributed by atoms with Crippen molar-refractivity contribution in [1.29, 1.82) is 0 Å². The molecule has 1 amide bonds. The van der Waals surface area contributed by atoms with Crippen molar-refractivity contribution in [2.24, 2.45) is 5.10 Å². The number of rotatable bonds is 6. The molecule has 0 spiro atoms. The predicted octanol–water partition coefficient (Wildman–Crippen LogP) is 4.74. The molecule has 0 radical (unpaired) electrons. The summed E-state index contributed by atoms with van der Waals surface area (Å²) < 4.78 is 2.47. The van der Waals surface area contributed by atoms with E-state index in [1.165, 1.54) is 29.3 Å². The third kappa shape index (κ3) is 5.04. The average Bonchev–Trinajstić information content (AvgIpc) is 3.23. The van der Waals surface area contributed by atoms with Crippen molar-refractivity contribution in [1.82, 2.24) is 15.0 Å². The Morgan fingerprint density at radius 2 is 1.97 bits per heavy atom. The summed E-state index contributed by atoms with van der Waals surface area (Å²) in [6.07, 6.45) is 5.32. The predicted molar refractivity (Wildman–Crippen MR) is 146 cm³/mol. The highest BCUT2D eigenvalue weighted by Gasteiger charge is 2.23. The van der Waals surface area contributed by atoms with Crippen molar-refractivity contribution in [3.8, 4) is 17.2 Å². The Balaban J connectivity index is 1.42. The molecule has 2 aromatic carbocycles. The standard InChI is InChI=1S/C25H21BrN4O4S2/c26-15-6-8-16(9-7-15)30-24(34)22-18-3-1-2-4-20(18)36-23(22)28-25(30)35-13-21(33)29-27-12-14-5-10-17(31)11-19(14)32/h5-12,31-32H,1-4,13H2,(H,29,33)/b27-12+. The third-order valence-electron chi connectivity index (χ3n) is 5.78. The number of carbonyl (C=O) groups is 1. The molecule has 5 rings (SSSR count). The van der Waals surface area contributed by atoms with Gasteiger partial charge in [-0.15, -0.1) is 11.3 Å². The van der Waals surface area contributed by atoms with Crippen molar-refractivity contribution in [3.05, 3.63) is 73.3 Å². The molecule has 4 aromatic rings. The highest BCUT2D eigenvalue weighted by molar-refractivity contribution is 9.10. The molecule has 0 atom stereocenters. The fourth-order valence-corrected chi connectivity index (χ4v) is 6.45. The molecule has 0 fully saturated rings. The second-order valence-electron chi connectivity index (χ2n) is 8.23. The average molecular weight is 586 g/mol. The zero-order valence-corrected chi connectivity index (χ0v) is 22.1. The second kappa shape index (κ2) is 10.5. The van der Waals surface area contributed by atoms with Crippen molar-refractivity contribution in [2.45, 2.75) is 30.8 Å². The van der Waals surface area contributed by atoms with E-state index in [1.807, 2.05) is 24.3 Å². The number of hydrazone groups is 1. The number of halogens is 1. The topological polar surface area (TPSA) is 117 Å². The number of aromatic nitrogens is 2. The lowest BCUT2D eigenvalue weighted by Crippen LogP contribution is -2.24. The molecular formula is C25H21BrN4O4S2. The van der Waals surface area contributed by atoms with Crippen LogP contribution in [0.4, 0.5) is 0 Å². The second-order valence-corrected chi connectivity index (χ2v) is 11.2. The van der Waals surface area contributed by atoms with E-state index in [2.05, 4.69) is 26.5 Å². The fraction of sp³-hybridized carbons (Fsp3) is 0.200. The first-order valence-corrected chi connectivity index (χ1v) is 13.8. The number of nitrogens with one attached hydrogen (secondary N) is 1. The first kappa shape index (κ1) is 24.5. The summed E-state index contributed by atoms with van der Waals surface area (Å²) in [5.41, 5.74) is 4.44. The molecule has 0 saturated heterocycles. The maximum absolute atomic E-state index is 13.7. The lowest BCUT2D eigenvalue weighted by Gasteiger charge is -2.13. The largest absolute Gasteiger partial charge is 0.508 e. The minimum absolute atomic E-state index is 0.0154. The van der Waals surface area contributed by atoms with E-state index in [0.717, 1.165) is 47.5 Å². The smallest absolute Gasteiger partial charge is 0.267 e. The Bertz CT molecular complexity index is 1550. The molecule has 184 valence electrons. The summed E-state index contributed by atoms with van der Waals surface area (Å²) >= 11 is 6.17. The van der Waals surface area contributed by atoms with E-state index in [0.29, 0.717) is 26.6 Å². The van der Waals surface area contributed by atoms with Gasteiger partial charge in [-0.2, -0.15) is 5.10 Å². The number of carbonyl (C=O) groups excluding carboxylic acids is 1. The van der Waals surface area contributed by atoms with Gasteiger partial charge in [0.2, 0.25) is 0 Å². The Morgan fingerprint density at radius 1 is 1.19 bits per heavy atom. The number of benzene rings is 2. The number of thioether (sulfide) groups is 1. The van der Waals surface area contributed by atoms with E-state index in [9.17, 15) is 19.8 Å². The minimum atomic E-state index is -0.392. The van der Waals surface area contributed by atoms with Crippen LogP contribution in [0.3, 0.4) is 0 Å². The van der Waals surface area contributed by atoms with Gasteiger partial charge in [-0.05, 0) is 67.6 Å². The monoisotopic (exact) mass is 584 g/mol. The molecule has 3 N–H and O–H groups in total. The quantitative estimate of drug-likeness (QED) is 0.130. The molecule has 11 heteroatoms. The molecule has 0 bridgehead atoms. The zero-order valence-electron chi connectivity index (χ0n) is 18.9. The number of hydrogen-bond acceptors (Lipinski definition) is 8. The van der Waals surface area contributed by atoms with Gasteiger partial charge in [-0.3, -0.25) is 14.2 Å². The third-order valence-corrected chi connectivity index (χ3v) is 8.44. The van der Waals surface area contributed by atoms with Crippen LogP contribution >= 0.6 is 39.0 Å². The molecule has 36 heavy (non-hydrogen) atoms. The molecule has 2 aromatic heterocycles. The van der Waals surface area contributed by atoms with Crippen LogP contribution in [0.25, 0.3) is 15.9 Å². The Hall–Kier alpha value is -3.15. The van der Waals surface area contributed by atoms with Crippen LogP contribution in [0.15, 0.2) is 62.0 Å². The van der Waals surface area contributed by atoms with Crippen LogP contribution in [0.1, 0.15) is 28.8 Å². The lowest BCUT2D eigenvalue weighted by molar-refractivity contribution is -0.118. The first-order chi connectivity index (χ1) is 17.4. The van der Waals surface area contributed by atoms with Gasteiger partial charge < -0.3 is 10.2 Å². The van der Waals surface area contributed by atoms with E-state index in [4.69, 9.17) is 4.98 Å². The van der Waals surface area contributed by atoms with Crippen LogP contribution < -0.4 is 11.0 Å². The molecule has 0 saturated carbocycles. The lowest BCUT2D eigenvalue weighted by atomic mass is 9.97. The number of nitrogens with zero attached hydrogens (tertiary/aromatic N) is 3. The molecule has 0 aliphatic heterocycles. The summed E-state index contributed by atoms with van der Waals surface area (Å²) in [6, 6.07) is 11.5. The number of aromatic hydroxyl groups is 2. The van der Waals surface area contributed by atoms with Gasteiger partial charge in [0.15, 0.2) is 5.16 Å². The Morgan fingerprint density at radius 3 is 2.75 bits per heavy atom. The highest BCUT2D eigenvalue weighted by atomic mass is 79.9. The zero-order chi connectivity index (χ0) is 25.2. The van der Waals surface area contributed by atoms with E-state index >= 15 is 0 Å². The Kier molecular flexibility index (Phi) is 7.13. The molecular weight excluding hydrogens is 564 g/mol. The maximum Gasteiger partial charge on any atom is 0.267 e. The van der Waals surface area contributed by atoms with Gasteiger partial charge in [-0.1, -0.05) is 27.7 Å². The van der Waals surface area contributed by atoms with E-state index in [-0.39, 0.29) is 22.8 Å². The molecule has 1 aliphatic carbocycles. The SMILES string of the molecule is O=C(CSc1nc2sc3c(c2c(=O)n1-c1ccc(Br)cc1)CCCC3)N/N=C/c1ccc(O)cc1O. The minimum Gasteiger partial charge on any atom is -0.508 e. The molecule has 8 nitrogen and oxygen atoms in total. The van der Waals surface area contributed by atoms with Gasteiger partial charge in [0.05, 0.1) is 23.0 Å².